The molecule has 0 aromatic carbocycles. The highest BCUT2D eigenvalue weighted by molar-refractivity contribution is 5.71. The highest BCUT2D eigenvalue weighted by atomic mass is 16.6. The predicted molar refractivity (Wildman–Crippen MR) is 352 cm³/mol. The van der Waals surface area contributed by atoms with E-state index in [2.05, 4.69) is 167 Å². The molecule has 458 valence electrons. The summed E-state index contributed by atoms with van der Waals surface area (Å²) in [5, 5.41) is 0. The maximum atomic E-state index is 12.9. The van der Waals surface area contributed by atoms with Crippen molar-refractivity contribution >= 4 is 17.9 Å². The largest absolute Gasteiger partial charge is 0.462 e. The fraction of sp³-hybridized carbons (Fsp3) is 0.640. The molecule has 0 heterocycles. The van der Waals surface area contributed by atoms with Gasteiger partial charge in [0.1, 0.15) is 13.2 Å². The topological polar surface area (TPSA) is 78.9 Å². The van der Waals surface area contributed by atoms with Gasteiger partial charge in [-0.15, -0.1) is 0 Å². The van der Waals surface area contributed by atoms with Crippen LogP contribution < -0.4 is 0 Å². The maximum absolute atomic E-state index is 12.9. The van der Waals surface area contributed by atoms with Gasteiger partial charge in [0.15, 0.2) is 6.10 Å². The monoisotopic (exact) mass is 1120 g/mol. The normalized spacial score (nSPS) is 13.1. The van der Waals surface area contributed by atoms with E-state index in [1.807, 2.05) is 0 Å². The Hall–Kier alpha value is -4.71. The number of carbonyl (C=O) groups excluding carboxylic acids is 3. The summed E-state index contributed by atoms with van der Waals surface area (Å²) in [4.78, 5) is 38.4. The number of carbonyl (C=O) groups is 3. The molecule has 0 aliphatic rings. The van der Waals surface area contributed by atoms with Crippen LogP contribution in [0, 0.1) is 0 Å². The van der Waals surface area contributed by atoms with Crippen LogP contribution in [0.4, 0.5) is 0 Å². The highest BCUT2D eigenvalue weighted by Crippen LogP contribution is 2.15. The Morgan fingerprint density at radius 1 is 0.259 bits per heavy atom. The van der Waals surface area contributed by atoms with Crippen molar-refractivity contribution in [2.24, 2.45) is 0 Å². The van der Waals surface area contributed by atoms with Gasteiger partial charge in [-0.05, 0) is 141 Å². The fourth-order valence-corrected chi connectivity index (χ4v) is 8.88. The van der Waals surface area contributed by atoms with Crippen molar-refractivity contribution in [3.05, 3.63) is 146 Å². The van der Waals surface area contributed by atoms with Crippen LogP contribution in [0.2, 0.25) is 0 Å². The third-order valence-corrected chi connectivity index (χ3v) is 13.8. The number of esters is 3. The van der Waals surface area contributed by atoms with E-state index in [0.29, 0.717) is 19.3 Å². The minimum absolute atomic E-state index is 0.0996. The van der Waals surface area contributed by atoms with Crippen molar-refractivity contribution in [2.75, 3.05) is 13.2 Å². The van der Waals surface area contributed by atoms with Crippen molar-refractivity contribution in [2.45, 2.75) is 297 Å². The standard InChI is InChI=1S/C75H122O6/c1-4-7-10-13-16-19-22-25-28-31-33-35-36-37-38-40-41-44-47-50-53-56-59-62-65-68-74(77)80-71-72(70-79-73(76)67-64-61-58-55-52-49-46-43-30-27-24-21-18-15-12-9-6-3)81-75(78)69-66-63-60-57-54-51-48-45-42-39-34-32-29-26-23-20-17-14-11-8-5-2/h7,9-10,12,16,18-19,21,23,25-28,30,32-35,37-38,42,45-46,49,72H,4-6,8,11,13-15,17,20,22,24,29,31,36,39-41,43-44,47-48,50-71H2,1-3H3/b10-7-,12-9-,19-16-,21-18-,26-23-,28-25-,30-27-,34-32-,35-33-,38-37-,45-42-,49-46-. The second-order valence-electron chi connectivity index (χ2n) is 21.6. The molecule has 0 amide bonds. The molecule has 0 aromatic rings. The Kier molecular flexibility index (Phi) is 63.9. The molecule has 0 aliphatic heterocycles. The number of rotatable bonds is 59. The summed E-state index contributed by atoms with van der Waals surface area (Å²) in [5.41, 5.74) is 0. The lowest BCUT2D eigenvalue weighted by Crippen LogP contribution is -2.30. The molecule has 0 spiro atoms. The zero-order chi connectivity index (χ0) is 58.5. The molecule has 0 bridgehead atoms. The molecule has 0 rings (SSSR count). The second kappa shape index (κ2) is 67.8. The summed E-state index contributed by atoms with van der Waals surface area (Å²) in [5.74, 6) is -0.940. The van der Waals surface area contributed by atoms with Crippen molar-refractivity contribution in [1.29, 1.82) is 0 Å². The third kappa shape index (κ3) is 66.0. The van der Waals surface area contributed by atoms with Crippen molar-refractivity contribution in [3.63, 3.8) is 0 Å². The van der Waals surface area contributed by atoms with Gasteiger partial charge in [-0.3, -0.25) is 14.4 Å². The quantitative estimate of drug-likeness (QED) is 0.0261. The van der Waals surface area contributed by atoms with Gasteiger partial charge < -0.3 is 14.2 Å². The summed E-state index contributed by atoms with van der Waals surface area (Å²) in [7, 11) is 0. The van der Waals surface area contributed by atoms with E-state index < -0.39 is 6.10 Å². The minimum Gasteiger partial charge on any atom is -0.462 e. The van der Waals surface area contributed by atoms with Gasteiger partial charge in [0.05, 0.1) is 0 Å². The molecule has 0 saturated heterocycles. The summed E-state index contributed by atoms with van der Waals surface area (Å²) >= 11 is 0. The molecule has 0 fully saturated rings. The van der Waals surface area contributed by atoms with Gasteiger partial charge in [-0.2, -0.15) is 0 Å². The summed E-state index contributed by atoms with van der Waals surface area (Å²) in [6.07, 6.45) is 97.0. The fourth-order valence-electron chi connectivity index (χ4n) is 8.88. The van der Waals surface area contributed by atoms with Gasteiger partial charge in [0.2, 0.25) is 0 Å². The second-order valence-corrected chi connectivity index (χ2v) is 21.6. The van der Waals surface area contributed by atoms with Gasteiger partial charge in [0, 0.05) is 19.3 Å². The Morgan fingerprint density at radius 3 is 0.753 bits per heavy atom. The Bertz CT molecular complexity index is 1760. The average Bonchev–Trinajstić information content (AvgIpc) is 3.47. The van der Waals surface area contributed by atoms with Crippen LogP contribution in [0.3, 0.4) is 0 Å². The molecule has 81 heavy (non-hydrogen) atoms. The van der Waals surface area contributed by atoms with Crippen LogP contribution in [0.5, 0.6) is 0 Å². The Labute approximate surface area is 499 Å². The molecular weight excluding hydrogens is 997 g/mol. The Morgan fingerprint density at radius 2 is 0.481 bits per heavy atom. The first-order valence-corrected chi connectivity index (χ1v) is 33.3. The van der Waals surface area contributed by atoms with E-state index in [-0.39, 0.29) is 31.1 Å². The average molecular weight is 1120 g/mol. The van der Waals surface area contributed by atoms with Gasteiger partial charge >= 0.3 is 17.9 Å². The minimum atomic E-state index is -0.807. The molecule has 0 aliphatic carbocycles. The van der Waals surface area contributed by atoms with Crippen molar-refractivity contribution < 1.29 is 28.6 Å². The third-order valence-electron chi connectivity index (χ3n) is 13.8. The Balaban J connectivity index is 4.46. The molecule has 0 N–H and O–H groups in total. The van der Waals surface area contributed by atoms with E-state index in [4.69, 9.17) is 14.2 Å². The first-order valence-electron chi connectivity index (χ1n) is 33.3. The highest BCUT2D eigenvalue weighted by Gasteiger charge is 2.19. The molecule has 6 nitrogen and oxygen atoms in total. The summed E-state index contributed by atoms with van der Waals surface area (Å²) < 4.78 is 16.9. The van der Waals surface area contributed by atoms with Crippen molar-refractivity contribution in [3.8, 4) is 0 Å². The first kappa shape index (κ1) is 76.3. The van der Waals surface area contributed by atoms with Crippen LogP contribution in [-0.4, -0.2) is 37.2 Å². The number of ether oxygens (including phenoxy) is 3. The lowest BCUT2D eigenvalue weighted by molar-refractivity contribution is -0.167. The number of hydrogen-bond donors (Lipinski definition) is 0. The van der Waals surface area contributed by atoms with Crippen LogP contribution in [-0.2, 0) is 28.6 Å². The molecule has 0 saturated carbocycles. The molecule has 0 radical (unpaired) electrons. The first-order chi connectivity index (χ1) is 40.0. The van der Waals surface area contributed by atoms with E-state index >= 15 is 0 Å². The summed E-state index contributed by atoms with van der Waals surface area (Å²) in [6.45, 7) is 6.38. The van der Waals surface area contributed by atoms with Crippen LogP contribution >= 0.6 is 0 Å². The van der Waals surface area contributed by atoms with Crippen LogP contribution in [0.25, 0.3) is 0 Å². The van der Waals surface area contributed by atoms with Crippen LogP contribution in [0.1, 0.15) is 290 Å². The van der Waals surface area contributed by atoms with Gasteiger partial charge in [0.25, 0.3) is 0 Å². The SMILES string of the molecule is CC/C=C\C/C=C\C/C=C\C/C=C\C/C=C\CCCCCCCCCCCC(=O)OCC(COC(=O)CCCCCC/C=C\C/C=C\C/C=C\C/C=C\CC)OC(=O)CCCCCCCC/C=C\C/C=C\C/C=C\CCCCCCC. The number of unbranched alkanes of at least 4 members (excludes halogenated alkanes) is 24. The lowest BCUT2D eigenvalue weighted by Gasteiger charge is -2.18. The van der Waals surface area contributed by atoms with E-state index in [1.54, 1.807) is 0 Å². The number of allylic oxidation sites excluding steroid dienone is 24. The zero-order valence-corrected chi connectivity index (χ0v) is 52.5. The maximum Gasteiger partial charge on any atom is 0.306 e. The van der Waals surface area contributed by atoms with Crippen LogP contribution in [0.15, 0.2) is 146 Å². The lowest BCUT2D eigenvalue weighted by atomic mass is 10.1. The van der Waals surface area contributed by atoms with E-state index in [1.165, 1.54) is 89.9 Å². The summed E-state index contributed by atoms with van der Waals surface area (Å²) in [6, 6.07) is 0. The van der Waals surface area contributed by atoms with Crippen molar-refractivity contribution in [1.82, 2.24) is 0 Å². The molecule has 1 unspecified atom stereocenters. The zero-order valence-electron chi connectivity index (χ0n) is 52.5. The van der Waals surface area contributed by atoms with Gasteiger partial charge in [-0.25, -0.2) is 0 Å². The molecule has 6 heteroatoms. The van der Waals surface area contributed by atoms with E-state index in [0.717, 1.165) is 161 Å². The molecule has 0 aromatic heterocycles. The molecular formula is C75H122O6. The van der Waals surface area contributed by atoms with Gasteiger partial charge in [-0.1, -0.05) is 276 Å². The number of hydrogen-bond acceptors (Lipinski definition) is 6. The smallest absolute Gasteiger partial charge is 0.306 e. The molecule has 1 atom stereocenters. The van der Waals surface area contributed by atoms with E-state index in [9.17, 15) is 14.4 Å². The predicted octanol–water partition coefficient (Wildman–Crippen LogP) is 23.1.